The predicted octanol–water partition coefficient (Wildman–Crippen LogP) is 2.23. The molecule has 0 fully saturated rings. The Kier molecular flexibility index (Phi) is 3.11. The van der Waals surface area contributed by atoms with E-state index in [1.165, 1.54) is 11.3 Å². The lowest BCUT2D eigenvalue weighted by atomic mass is 10.1. The van der Waals surface area contributed by atoms with Crippen LogP contribution in [0.15, 0.2) is 5.38 Å². The van der Waals surface area contributed by atoms with Crippen molar-refractivity contribution in [2.45, 2.75) is 27.2 Å². The van der Waals surface area contributed by atoms with Gasteiger partial charge in [-0.05, 0) is 20.8 Å². The van der Waals surface area contributed by atoms with E-state index in [0.29, 0.717) is 6.42 Å². The lowest BCUT2D eigenvalue weighted by molar-refractivity contribution is 0.0991. The molecule has 2 aromatic heterocycles. The normalized spacial score (nSPS) is 10.8. The number of carbonyl (C=O) groups excluding carboxylic acids is 1. The quantitative estimate of drug-likeness (QED) is 0.784. The van der Waals surface area contributed by atoms with Gasteiger partial charge in [0, 0.05) is 23.8 Å². The van der Waals surface area contributed by atoms with E-state index >= 15 is 0 Å². The molecule has 0 aliphatic rings. The first-order chi connectivity index (χ1) is 7.99. The summed E-state index contributed by atoms with van der Waals surface area (Å²) in [4.78, 5) is 16.5. The van der Waals surface area contributed by atoms with E-state index in [1.807, 2.05) is 33.2 Å². The van der Waals surface area contributed by atoms with Gasteiger partial charge in [-0.2, -0.15) is 5.10 Å². The molecule has 17 heavy (non-hydrogen) atoms. The second-order valence-electron chi connectivity index (χ2n) is 4.15. The predicted molar refractivity (Wildman–Crippen MR) is 67.6 cm³/mol. The molecular weight excluding hydrogens is 234 g/mol. The summed E-state index contributed by atoms with van der Waals surface area (Å²) < 4.78 is 1.75. The van der Waals surface area contributed by atoms with Gasteiger partial charge in [0.2, 0.25) is 0 Å². The molecule has 0 unspecified atom stereocenters. The van der Waals surface area contributed by atoms with Gasteiger partial charge in [0.05, 0.1) is 17.7 Å². The summed E-state index contributed by atoms with van der Waals surface area (Å²) in [6.07, 6.45) is 0.367. The summed E-state index contributed by atoms with van der Waals surface area (Å²) in [6.45, 7) is 5.72. The van der Waals surface area contributed by atoms with Gasteiger partial charge < -0.3 is 0 Å². The molecule has 90 valence electrons. The third kappa shape index (κ3) is 2.29. The lowest BCUT2D eigenvalue weighted by Gasteiger charge is -1.99. The highest BCUT2D eigenvalue weighted by atomic mass is 32.1. The molecule has 0 radical (unpaired) electrons. The summed E-state index contributed by atoms with van der Waals surface area (Å²) in [5.41, 5.74) is 3.42. The van der Waals surface area contributed by atoms with Gasteiger partial charge in [-0.3, -0.25) is 9.48 Å². The van der Waals surface area contributed by atoms with Crippen molar-refractivity contribution in [3.63, 3.8) is 0 Å². The number of thiazole rings is 1. The Morgan fingerprint density at radius 1 is 1.41 bits per heavy atom. The van der Waals surface area contributed by atoms with Crippen LogP contribution in [0.25, 0.3) is 0 Å². The Balaban J connectivity index is 2.26. The average Bonchev–Trinajstić information content (AvgIpc) is 2.73. The van der Waals surface area contributed by atoms with Gasteiger partial charge in [0.25, 0.3) is 0 Å². The zero-order valence-electron chi connectivity index (χ0n) is 10.4. The van der Waals surface area contributed by atoms with E-state index in [2.05, 4.69) is 10.1 Å². The van der Waals surface area contributed by atoms with Crippen LogP contribution in [0.2, 0.25) is 0 Å². The van der Waals surface area contributed by atoms with E-state index in [9.17, 15) is 4.79 Å². The topological polar surface area (TPSA) is 47.8 Å². The molecule has 0 amide bonds. The lowest BCUT2D eigenvalue weighted by Crippen LogP contribution is -2.06. The zero-order chi connectivity index (χ0) is 12.6. The van der Waals surface area contributed by atoms with Crippen LogP contribution >= 0.6 is 11.3 Å². The molecule has 5 heteroatoms. The Labute approximate surface area is 104 Å². The van der Waals surface area contributed by atoms with Crippen molar-refractivity contribution < 1.29 is 4.79 Å². The van der Waals surface area contributed by atoms with Crippen LogP contribution in [0.4, 0.5) is 0 Å². The second kappa shape index (κ2) is 4.41. The monoisotopic (exact) mass is 249 g/mol. The van der Waals surface area contributed by atoms with Gasteiger partial charge in [-0.15, -0.1) is 11.3 Å². The summed E-state index contributed by atoms with van der Waals surface area (Å²) >= 11 is 1.53. The number of nitrogens with zero attached hydrogens (tertiary/aromatic N) is 3. The number of ketones is 1. The number of hydrogen-bond donors (Lipinski definition) is 0. The molecule has 2 aromatic rings. The standard InChI is InChI=1S/C12H15N3OS/c1-7-6-17-11(13-7)5-10(16)12-8(2)14-15(4)9(12)3/h6H,5H2,1-4H3. The highest BCUT2D eigenvalue weighted by molar-refractivity contribution is 7.09. The largest absolute Gasteiger partial charge is 0.294 e. The van der Waals surface area contributed by atoms with Gasteiger partial charge in [-0.1, -0.05) is 0 Å². The molecule has 0 spiro atoms. The van der Waals surface area contributed by atoms with E-state index < -0.39 is 0 Å². The van der Waals surface area contributed by atoms with Crippen LogP contribution < -0.4 is 0 Å². The molecule has 0 bridgehead atoms. The first kappa shape index (κ1) is 12.0. The second-order valence-corrected chi connectivity index (χ2v) is 5.09. The molecule has 0 aliphatic heterocycles. The van der Waals surface area contributed by atoms with E-state index in [4.69, 9.17) is 0 Å². The third-order valence-electron chi connectivity index (χ3n) is 2.77. The Morgan fingerprint density at radius 2 is 2.12 bits per heavy atom. The van der Waals surface area contributed by atoms with Crippen LogP contribution in [0.1, 0.15) is 32.4 Å². The van der Waals surface area contributed by atoms with Crippen molar-refractivity contribution in [1.82, 2.24) is 14.8 Å². The Morgan fingerprint density at radius 3 is 2.59 bits per heavy atom. The number of Topliss-reactive ketones (excluding diaryl/α,β-unsaturated/α-hetero) is 1. The average molecular weight is 249 g/mol. The molecule has 0 saturated heterocycles. The van der Waals surface area contributed by atoms with E-state index in [-0.39, 0.29) is 5.78 Å². The number of carbonyl (C=O) groups is 1. The highest BCUT2D eigenvalue weighted by Crippen LogP contribution is 2.17. The molecule has 4 nitrogen and oxygen atoms in total. The minimum absolute atomic E-state index is 0.0995. The number of aromatic nitrogens is 3. The van der Waals surface area contributed by atoms with Crippen molar-refractivity contribution >= 4 is 17.1 Å². The number of rotatable bonds is 3. The molecule has 0 saturated carbocycles. The summed E-state index contributed by atoms with van der Waals surface area (Å²) in [7, 11) is 1.85. The zero-order valence-corrected chi connectivity index (χ0v) is 11.3. The minimum atomic E-state index is 0.0995. The molecular formula is C12H15N3OS. The van der Waals surface area contributed by atoms with Crippen LogP contribution in [0.5, 0.6) is 0 Å². The van der Waals surface area contributed by atoms with Crippen LogP contribution in [-0.4, -0.2) is 20.5 Å². The molecule has 2 heterocycles. The maximum atomic E-state index is 12.2. The maximum absolute atomic E-state index is 12.2. The fourth-order valence-corrected chi connectivity index (χ4v) is 2.66. The van der Waals surface area contributed by atoms with E-state index in [1.54, 1.807) is 4.68 Å². The Bertz CT molecular complexity index is 568. The van der Waals surface area contributed by atoms with Crippen LogP contribution in [0.3, 0.4) is 0 Å². The van der Waals surface area contributed by atoms with Gasteiger partial charge in [0.1, 0.15) is 5.01 Å². The maximum Gasteiger partial charge on any atom is 0.173 e. The summed E-state index contributed by atoms with van der Waals surface area (Å²) in [5, 5.41) is 7.09. The van der Waals surface area contributed by atoms with Gasteiger partial charge in [-0.25, -0.2) is 4.98 Å². The van der Waals surface area contributed by atoms with Crippen molar-refractivity contribution in [1.29, 1.82) is 0 Å². The van der Waals surface area contributed by atoms with Crippen LogP contribution in [0, 0.1) is 20.8 Å². The minimum Gasteiger partial charge on any atom is -0.294 e. The van der Waals surface area contributed by atoms with Crippen LogP contribution in [-0.2, 0) is 13.5 Å². The summed E-state index contributed by atoms with van der Waals surface area (Å²) in [5.74, 6) is 0.0995. The fraction of sp³-hybridized carbons (Fsp3) is 0.417. The molecule has 0 N–H and O–H groups in total. The van der Waals surface area contributed by atoms with Crippen molar-refractivity contribution in [3.05, 3.63) is 33.0 Å². The molecule has 2 rings (SSSR count). The molecule has 0 atom stereocenters. The Hall–Kier alpha value is -1.49. The van der Waals surface area contributed by atoms with Gasteiger partial charge >= 0.3 is 0 Å². The van der Waals surface area contributed by atoms with Gasteiger partial charge in [0.15, 0.2) is 5.78 Å². The highest BCUT2D eigenvalue weighted by Gasteiger charge is 2.18. The molecule has 0 aliphatic carbocycles. The van der Waals surface area contributed by atoms with E-state index in [0.717, 1.165) is 27.7 Å². The SMILES string of the molecule is Cc1csc(CC(=O)c2c(C)nn(C)c2C)n1. The van der Waals surface area contributed by atoms with Crippen molar-refractivity contribution in [3.8, 4) is 0 Å². The summed E-state index contributed by atoms with van der Waals surface area (Å²) in [6, 6.07) is 0. The van der Waals surface area contributed by atoms with Crippen molar-refractivity contribution in [2.75, 3.05) is 0 Å². The number of aryl methyl sites for hydroxylation is 3. The smallest absolute Gasteiger partial charge is 0.173 e. The van der Waals surface area contributed by atoms with Crippen molar-refractivity contribution in [2.24, 2.45) is 7.05 Å². The molecule has 0 aromatic carbocycles. The number of hydrogen-bond acceptors (Lipinski definition) is 4. The third-order valence-corrected chi connectivity index (χ3v) is 3.73. The first-order valence-corrected chi connectivity index (χ1v) is 6.31. The fourth-order valence-electron chi connectivity index (χ4n) is 1.89. The first-order valence-electron chi connectivity index (χ1n) is 5.43.